The van der Waals surface area contributed by atoms with Gasteiger partial charge in [-0.15, -0.1) is 0 Å². The first-order valence-corrected chi connectivity index (χ1v) is 11.2. The van der Waals surface area contributed by atoms with Crippen molar-refractivity contribution in [3.63, 3.8) is 0 Å². The van der Waals surface area contributed by atoms with Crippen molar-refractivity contribution in [2.24, 2.45) is 11.3 Å². The van der Waals surface area contributed by atoms with E-state index in [1.165, 1.54) is 71.1 Å². The number of rotatable bonds is 4. The molecular formula is C23H44N2O. The van der Waals surface area contributed by atoms with Gasteiger partial charge in [0, 0.05) is 37.8 Å². The van der Waals surface area contributed by atoms with Crippen molar-refractivity contribution in [2.75, 3.05) is 26.2 Å². The Bertz CT molecular complexity index is 428. The minimum Gasteiger partial charge on any atom is -0.375 e. The van der Waals surface area contributed by atoms with Gasteiger partial charge >= 0.3 is 0 Å². The first kappa shape index (κ1) is 20.6. The predicted molar refractivity (Wildman–Crippen MR) is 111 cm³/mol. The van der Waals surface area contributed by atoms with Crippen LogP contribution in [0.15, 0.2) is 0 Å². The van der Waals surface area contributed by atoms with Gasteiger partial charge < -0.3 is 9.64 Å². The highest BCUT2D eigenvalue weighted by Crippen LogP contribution is 2.40. The third-order valence-electron chi connectivity index (χ3n) is 6.88. The second-order valence-corrected chi connectivity index (χ2v) is 11.5. The Labute approximate surface area is 162 Å². The summed E-state index contributed by atoms with van der Waals surface area (Å²) in [6, 6.07) is 0.873. The maximum absolute atomic E-state index is 6.51. The minimum absolute atomic E-state index is 0.309. The molecule has 26 heavy (non-hydrogen) atoms. The van der Waals surface area contributed by atoms with Gasteiger partial charge in [0.25, 0.3) is 0 Å². The molecule has 2 aliphatic heterocycles. The lowest BCUT2D eigenvalue weighted by Crippen LogP contribution is -2.51. The van der Waals surface area contributed by atoms with Crippen molar-refractivity contribution in [2.45, 2.75) is 110 Å². The fourth-order valence-electron chi connectivity index (χ4n) is 5.34. The topological polar surface area (TPSA) is 15.7 Å². The number of hydrogen-bond acceptors (Lipinski definition) is 3. The molecule has 0 amide bonds. The highest BCUT2D eigenvalue weighted by molar-refractivity contribution is 4.91. The summed E-state index contributed by atoms with van der Waals surface area (Å²) < 4.78 is 6.51. The fraction of sp³-hybridized carbons (Fsp3) is 1.00. The minimum atomic E-state index is 0.309. The summed E-state index contributed by atoms with van der Waals surface area (Å²) in [5, 5.41) is 0. The molecule has 0 radical (unpaired) electrons. The van der Waals surface area contributed by atoms with Crippen LogP contribution in [0.2, 0.25) is 0 Å². The van der Waals surface area contributed by atoms with Gasteiger partial charge in [-0.05, 0) is 77.0 Å². The maximum atomic E-state index is 6.51. The van der Waals surface area contributed by atoms with Gasteiger partial charge in [0.05, 0.1) is 12.2 Å². The smallest absolute Gasteiger partial charge is 0.0603 e. The molecule has 152 valence electrons. The first-order valence-electron chi connectivity index (χ1n) is 11.2. The van der Waals surface area contributed by atoms with Crippen LogP contribution < -0.4 is 0 Å². The fourth-order valence-corrected chi connectivity index (χ4v) is 5.34. The SMILES string of the molecule is CC(C)(C)CC1CC(N2CCC(OC3CCN(C(C)(C)C)CC3)CC2)C1. The zero-order valence-electron chi connectivity index (χ0n) is 18.4. The Morgan fingerprint density at radius 1 is 0.769 bits per heavy atom. The molecule has 3 fully saturated rings. The largest absolute Gasteiger partial charge is 0.375 e. The molecule has 3 aliphatic rings. The predicted octanol–water partition coefficient (Wildman–Crippen LogP) is 4.95. The van der Waals surface area contributed by atoms with E-state index in [0.29, 0.717) is 23.2 Å². The van der Waals surface area contributed by atoms with Crippen LogP contribution in [0.1, 0.15) is 86.5 Å². The number of nitrogens with zero attached hydrogens (tertiary/aromatic N) is 2. The van der Waals surface area contributed by atoms with Crippen molar-refractivity contribution in [1.82, 2.24) is 9.80 Å². The summed E-state index contributed by atoms with van der Waals surface area (Å²) in [4.78, 5) is 5.38. The van der Waals surface area contributed by atoms with Crippen molar-refractivity contribution in [3.05, 3.63) is 0 Å². The second kappa shape index (κ2) is 8.09. The van der Waals surface area contributed by atoms with Crippen molar-refractivity contribution < 1.29 is 4.74 Å². The summed E-state index contributed by atoms with van der Waals surface area (Å²) in [5.41, 5.74) is 0.809. The average molecular weight is 365 g/mol. The van der Waals surface area contributed by atoms with Gasteiger partial charge in [-0.1, -0.05) is 20.8 Å². The van der Waals surface area contributed by atoms with Crippen molar-refractivity contribution in [3.8, 4) is 0 Å². The molecule has 2 saturated heterocycles. The molecule has 1 saturated carbocycles. The quantitative estimate of drug-likeness (QED) is 0.702. The lowest BCUT2D eigenvalue weighted by atomic mass is 9.71. The Morgan fingerprint density at radius 2 is 1.27 bits per heavy atom. The molecule has 0 spiro atoms. The molecule has 0 aromatic rings. The Hall–Kier alpha value is -0.120. The van der Waals surface area contributed by atoms with Gasteiger partial charge in [-0.2, -0.15) is 0 Å². The van der Waals surface area contributed by atoms with E-state index in [-0.39, 0.29) is 0 Å². The molecular weight excluding hydrogens is 320 g/mol. The summed E-state index contributed by atoms with van der Waals surface area (Å²) in [6.07, 6.45) is 10.2. The van der Waals surface area contributed by atoms with Gasteiger partial charge in [0.15, 0.2) is 0 Å². The summed E-state index contributed by atoms with van der Waals surface area (Å²) >= 11 is 0. The molecule has 0 aromatic heterocycles. The van der Waals surface area contributed by atoms with Gasteiger partial charge in [-0.25, -0.2) is 0 Å². The van der Waals surface area contributed by atoms with Crippen LogP contribution in [-0.4, -0.2) is 59.8 Å². The zero-order valence-corrected chi connectivity index (χ0v) is 18.4. The van der Waals surface area contributed by atoms with Crippen molar-refractivity contribution >= 4 is 0 Å². The summed E-state index contributed by atoms with van der Waals surface area (Å²) in [6.45, 7) is 19.1. The van der Waals surface area contributed by atoms with Crippen LogP contribution in [0, 0.1) is 11.3 Å². The number of piperidine rings is 2. The summed E-state index contributed by atoms with van der Waals surface area (Å²) in [5.74, 6) is 0.974. The highest BCUT2D eigenvalue weighted by Gasteiger charge is 2.37. The van der Waals surface area contributed by atoms with E-state index in [1.54, 1.807) is 0 Å². The third kappa shape index (κ3) is 5.69. The lowest BCUT2D eigenvalue weighted by molar-refractivity contribution is -0.0822. The third-order valence-corrected chi connectivity index (χ3v) is 6.88. The highest BCUT2D eigenvalue weighted by atomic mass is 16.5. The lowest BCUT2D eigenvalue weighted by Gasteiger charge is -2.47. The van der Waals surface area contributed by atoms with Gasteiger partial charge in [0.1, 0.15) is 0 Å². The molecule has 3 rings (SSSR count). The Morgan fingerprint density at radius 3 is 1.73 bits per heavy atom. The monoisotopic (exact) mass is 364 g/mol. The molecule has 0 bridgehead atoms. The maximum Gasteiger partial charge on any atom is 0.0603 e. The van der Waals surface area contributed by atoms with Crippen LogP contribution in [0.5, 0.6) is 0 Å². The standard InChI is InChI=1S/C23H44N2O/c1-22(2,3)17-18-15-19(16-18)24-11-7-20(8-12-24)26-21-9-13-25(14-10-21)23(4,5)6/h18-21H,7-17H2,1-6H3. The van der Waals surface area contributed by atoms with E-state index in [9.17, 15) is 0 Å². The second-order valence-electron chi connectivity index (χ2n) is 11.5. The molecule has 0 aromatic carbocycles. The molecule has 1 aliphatic carbocycles. The Kier molecular flexibility index (Phi) is 6.41. The normalized spacial score (nSPS) is 31.2. The van der Waals surface area contributed by atoms with Crippen LogP contribution >= 0.6 is 0 Å². The van der Waals surface area contributed by atoms with E-state index in [1.807, 2.05) is 0 Å². The zero-order chi connectivity index (χ0) is 18.9. The van der Waals surface area contributed by atoms with Crippen LogP contribution in [0.3, 0.4) is 0 Å². The van der Waals surface area contributed by atoms with E-state index >= 15 is 0 Å². The Balaban J connectivity index is 1.32. The molecule has 0 atom stereocenters. The molecule has 3 heteroatoms. The van der Waals surface area contributed by atoms with Gasteiger partial charge in [-0.3, -0.25) is 4.90 Å². The summed E-state index contributed by atoms with van der Waals surface area (Å²) in [7, 11) is 0. The van der Waals surface area contributed by atoms with E-state index in [0.717, 1.165) is 12.0 Å². The molecule has 0 N–H and O–H groups in total. The molecule has 2 heterocycles. The number of ether oxygens (including phenoxy) is 1. The van der Waals surface area contributed by atoms with E-state index < -0.39 is 0 Å². The van der Waals surface area contributed by atoms with Crippen LogP contribution in [-0.2, 0) is 4.74 Å². The molecule has 3 nitrogen and oxygen atoms in total. The molecule has 0 unspecified atom stereocenters. The number of hydrogen-bond donors (Lipinski definition) is 0. The van der Waals surface area contributed by atoms with Gasteiger partial charge in [0.2, 0.25) is 0 Å². The van der Waals surface area contributed by atoms with Crippen molar-refractivity contribution in [1.29, 1.82) is 0 Å². The first-order chi connectivity index (χ1) is 12.1. The van der Waals surface area contributed by atoms with Crippen LogP contribution in [0.25, 0.3) is 0 Å². The number of likely N-dealkylation sites (tertiary alicyclic amines) is 2. The average Bonchev–Trinajstić information content (AvgIpc) is 2.50. The van der Waals surface area contributed by atoms with Crippen LogP contribution in [0.4, 0.5) is 0 Å². The van der Waals surface area contributed by atoms with E-state index in [2.05, 4.69) is 51.3 Å². The van der Waals surface area contributed by atoms with E-state index in [4.69, 9.17) is 4.74 Å².